The van der Waals surface area contributed by atoms with Gasteiger partial charge in [0.15, 0.2) is 0 Å². The number of furan rings is 2. The Bertz CT molecular complexity index is 4140. The lowest BCUT2D eigenvalue weighted by Crippen LogP contribution is -2.17. The highest BCUT2D eigenvalue weighted by Crippen LogP contribution is 2.59. The third-order valence-corrected chi connectivity index (χ3v) is 14.3. The highest BCUT2D eigenvalue weighted by molar-refractivity contribution is 6.21. The first-order valence-electron chi connectivity index (χ1n) is 23.1. The predicted molar refractivity (Wildman–Crippen MR) is 280 cm³/mol. The molecule has 2 heterocycles. The number of para-hydroxylation sites is 4. The van der Waals surface area contributed by atoms with Gasteiger partial charge < -0.3 is 18.6 Å². The van der Waals surface area contributed by atoms with Crippen LogP contribution in [0.4, 0.5) is 34.1 Å². The molecule has 0 aliphatic heterocycles. The molecule has 0 saturated heterocycles. The van der Waals surface area contributed by atoms with E-state index in [9.17, 15) is 0 Å². The minimum Gasteiger partial charge on any atom is -0.456 e. The molecule has 1 aliphatic rings. The minimum absolute atomic E-state index is 0.331. The summed E-state index contributed by atoms with van der Waals surface area (Å²) in [5.74, 6) is 0. The molecule has 4 heteroatoms. The van der Waals surface area contributed by atoms with E-state index in [1.165, 1.54) is 54.6 Å². The second-order valence-corrected chi connectivity index (χ2v) is 18.4. The number of rotatable bonds is 6. The molecule has 67 heavy (non-hydrogen) atoms. The van der Waals surface area contributed by atoms with Gasteiger partial charge in [0.25, 0.3) is 0 Å². The Morgan fingerprint density at radius 3 is 1.34 bits per heavy atom. The molecule has 14 rings (SSSR count). The molecule has 0 spiro atoms. The topological polar surface area (TPSA) is 32.8 Å². The molecule has 2 aromatic heterocycles. The molecule has 0 amide bonds. The molecular formula is C63H42N2O2. The summed E-state index contributed by atoms with van der Waals surface area (Å²) >= 11 is 0. The standard InChI is InChI=1S/C63H42N2O2/c1-63(2)61-51-26-12-10-22-45(51)55(65(40-19-7-4-8-20-40)43-30-33-49-47-24-14-16-28-57(47)67-59(49)37-43)38-54(61)60-50-25-11-9-21-44(50)53-35-41(31-34-52(53)62(60)63)64(39-17-5-3-6-18-39)42-29-32-48-46-23-13-15-27-56(46)66-58(48)36-42/h3-38H,1-2H3. The van der Waals surface area contributed by atoms with Gasteiger partial charge in [0, 0.05) is 72.9 Å². The summed E-state index contributed by atoms with van der Waals surface area (Å²) in [4.78, 5) is 4.77. The molecule has 1 aliphatic carbocycles. The van der Waals surface area contributed by atoms with E-state index in [0.717, 1.165) is 78.0 Å². The molecule has 11 aromatic carbocycles. The zero-order chi connectivity index (χ0) is 44.4. The molecule has 4 nitrogen and oxygen atoms in total. The molecule has 0 unspecified atom stereocenters. The van der Waals surface area contributed by atoms with Gasteiger partial charge in [-0.3, -0.25) is 0 Å². The maximum absolute atomic E-state index is 6.51. The van der Waals surface area contributed by atoms with Crippen molar-refractivity contribution in [3.05, 3.63) is 230 Å². The zero-order valence-electron chi connectivity index (χ0n) is 37.0. The van der Waals surface area contributed by atoms with Crippen LogP contribution in [0, 0.1) is 0 Å². The number of hydrogen-bond donors (Lipinski definition) is 0. The van der Waals surface area contributed by atoms with Crippen molar-refractivity contribution in [1.82, 2.24) is 0 Å². The number of benzene rings is 11. The van der Waals surface area contributed by atoms with E-state index in [-0.39, 0.29) is 5.41 Å². The van der Waals surface area contributed by atoms with E-state index in [0.29, 0.717) is 0 Å². The van der Waals surface area contributed by atoms with Gasteiger partial charge in [-0.2, -0.15) is 0 Å². The third-order valence-electron chi connectivity index (χ3n) is 14.3. The summed E-state index contributed by atoms with van der Waals surface area (Å²) in [5.41, 5.74) is 14.9. The molecule has 0 radical (unpaired) electrons. The lowest BCUT2D eigenvalue weighted by molar-refractivity contribution is 0.668. The molecule has 316 valence electrons. The molecule has 0 atom stereocenters. The Hall–Kier alpha value is -8.60. The highest BCUT2D eigenvalue weighted by Gasteiger charge is 2.41. The first-order chi connectivity index (χ1) is 33.0. The summed E-state index contributed by atoms with van der Waals surface area (Å²) in [7, 11) is 0. The number of anilines is 6. The summed E-state index contributed by atoms with van der Waals surface area (Å²) in [6.07, 6.45) is 0. The number of hydrogen-bond acceptors (Lipinski definition) is 4. The smallest absolute Gasteiger partial charge is 0.137 e. The van der Waals surface area contributed by atoms with Gasteiger partial charge >= 0.3 is 0 Å². The van der Waals surface area contributed by atoms with Crippen LogP contribution in [0.1, 0.15) is 25.0 Å². The van der Waals surface area contributed by atoms with E-state index < -0.39 is 0 Å². The normalized spacial score (nSPS) is 13.0. The maximum atomic E-state index is 6.51. The lowest BCUT2D eigenvalue weighted by Gasteiger charge is -2.30. The van der Waals surface area contributed by atoms with Crippen LogP contribution < -0.4 is 9.80 Å². The van der Waals surface area contributed by atoms with Gasteiger partial charge in [-0.05, 0) is 128 Å². The average Bonchev–Trinajstić information content (AvgIpc) is 4.01. The van der Waals surface area contributed by atoms with E-state index in [1.54, 1.807) is 0 Å². The number of nitrogens with zero attached hydrogens (tertiary/aromatic N) is 2. The van der Waals surface area contributed by atoms with Crippen molar-refractivity contribution in [2.24, 2.45) is 0 Å². The van der Waals surface area contributed by atoms with Crippen molar-refractivity contribution in [2.45, 2.75) is 19.3 Å². The summed E-state index contributed by atoms with van der Waals surface area (Å²) in [6, 6.07) is 78.8. The predicted octanol–water partition coefficient (Wildman–Crippen LogP) is 18.2. The van der Waals surface area contributed by atoms with Gasteiger partial charge in [-0.1, -0.05) is 141 Å². The van der Waals surface area contributed by atoms with Crippen LogP contribution in [-0.2, 0) is 5.41 Å². The van der Waals surface area contributed by atoms with Crippen molar-refractivity contribution in [3.8, 4) is 11.1 Å². The summed E-state index contributed by atoms with van der Waals surface area (Å²) in [5, 5.41) is 11.9. The summed E-state index contributed by atoms with van der Waals surface area (Å²) in [6.45, 7) is 4.85. The molecule has 0 fully saturated rings. The second-order valence-electron chi connectivity index (χ2n) is 18.4. The van der Waals surface area contributed by atoms with Crippen LogP contribution in [0.5, 0.6) is 0 Å². The van der Waals surface area contributed by atoms with Gasteiger partial charge in [-0.25, -0.2) is 0 Å². The largest absolute Gasteiger partial charge is 0.456 e. The Labute approximate surface area is 387 Å². The lowest BCUT2D eigenvalue weighted by atomic mass is 9.77. The maximum Gasteiger partial charge on any atom is 0.137 e. The van der Waals surface area contributed by atoms with E-state index in [2.05, 4.69) is 218 Å². The minimum atomic E-state index is -0.331. The van der Waals surface area contributed by atoms with Gasteiger partial charge in [-0.15, -0.1) is 0 Å². The van der Waals surface area contributed by atoms with Crippen LogP contribution in [0.3, 0.4) is 0 Å². The Morgan fingerprint density at radius 2 is 0.731 bits per heavy atom. The van der Waals surface area contributed by atoms with Gasteiger partial charge in [0.1, 0.15) is 22.3 Å². The van der Waals surface area contributed by atoms with E-state index >= 15 is 0 Å². The molecule has 0 N–H and O–H groups in total. The van der Waals surface area contributed by atoms with Crippen molar-refractivity contribution >= 4 is 110 Å². The van der Waals surface area contributed by atoms with Crippen molar-refractivity contribution in [1.29, 1.82) is 0 Å². The average molecular weight is 859 g/mol. The number of fused-ring (bicyclic) bond motifs is 16. The van der Waals surface area contributed by atoms with E-state index in [4.69, 9.17) is 8.83 Å². The Kier molecular flexibility index (Phi) is 8.00. The van der Waals surface area contributed by atoms with Gasteiger partial charge in [0.05, 0.1) is 5.69 Å². The molecule has 0 saturated carbocycles. The van der Waals surface area contributed by atoms with Crippen LogP contribution in [-0.4, -0.2) is 0 Å². The zero-order valence-corrected chi connectivity index (χ0v) is 37.0. The quantitative estimate of drug-likeness (QED) is 0.156. The SMILES string of the molecule is CC1(C)c2c(cc(N(c3ccccc3)c3ccc4c(c3)oc3ccccc34)c3ccccc23)-c2c1c1ccc(N(c3ccccc3)c3ccc4c(c3)oc3ccccc34)cc1c1ccccc21. The summed E-state index contributed by atoms with van der Waals surface area (Å²) < 4.78 is 13.0. The van der Waals surface area contributed by atoms with Crippen LogP contribution in [0.2, 0.25) is 0 Å². The Morgan fingerprint density at radius 1 is 0.299 bits per heavy atom. The van der Waals surface area contributed by atoms with E-state index in [1.807, 2.05) is 24.3 Å². The first-order valence-corrected chi connectivity index (χ1v) is 23.1. The third kappa shape index (κ3) is 5.54. The Balaban J connectivity index is 1.00. The van der Waals surface area contributed by atoms with Crippen molar-refractivity contribution in [2.75, 3.05) is 9.80 Å². The van der Waals surface area contributed by atoms with Crippen LogP contribution in [0.15, 0.2) is 227 Å². The fourth-order valence-corrected chi connectivity index (χ4v) is 11.5. The monoisotopic (exact) mass is 858 g/mol. The molecular weight excluding hydrogens is 817 g/mol. The van der Waals surface area contributed by atoms with Gasteiger partial charge in [0.2, 0.25) is 0 Å². The van der Waals surface area contributed by atoms with Crippen molar-refractivity contribution in [3.63, 3.8) is 0 Å². The fraction of sp³-hybridized carbons (Fsp3) is 0.0476. The first kappa shape index (κ1) is 37.7. The highest BCUT2D eigenvalue weighted by atomic mass is 16.3. The van der Waals surface area contributed by atoms with Crippen LogP contribution in [0.25, 0.3) is 87.3 Å². The van der Waals surface area contributed by atoms with Crippen LogP contribution >= 0.6 is 0 Å². The molecule has 0 bridgehead atoms. The van der Waals surface area contributed by atoms with Crippen molar-refractivity contribution < 1.29 is 8.83 Å². The fourth-order valence-electron chi connectivity index (χ4n) is 11.5. The molecule has 13 aromatic rings. The second kappa shape index (κ2) is 14.2.